The molecular weight excluding hydrogens is 456 g/mol. The van der Waals surface area contributed by atoms with Crippen LogP contribution in [0, 0.1) is 0 Å². The Morgan fingerprint density at radius 1 is 1.00 bits per heavy atom. The van der Waals surface area contributed by atoms with Crippen LogP contribution in [0.1, 0.15) is 38.2 Å². The van der Waals surface area contributed by atoms with E-state index in [1.165, 1.54) is 0 Å². The number of likely N-dealkylation sites (tertiary alicyclic amines) is 1. The standard InChI is InChI=1S/C28H36N4O4/c1-2-3-16-29-25(33)19-31-22-32(24-12-8-5-9-13-24)28(27(31)35)14-17-30(18-15-28)26(34)21-36-20-23-10-6-4-7-11-23/h4-13H,2-3,14-22H2,1H3,(H,29,33). The van der Waals surface area contributed by atoms with Gasteiger partial charge in [-0.25, -0.2) is 0 Å². The van der Waals surface area contributed by atoms with Gasteiger partial charge in [-0.05, 0) is 37.0 Å². The van der Waals surface area contributed by atoms with Gasteiger partial charge in [0.05, 0.1) is 13.3 Å². The third kappa shape index (κ3) is 5.87. The van der Waals surface area contributed by atoms with Gasteiger partial charge >= 0.3 is 0 Å². The van der Waals surface area contributed by atoms with Gasteiger partial charge in [0.1, 0.15) is 18.7 Å². The van der Waals surface area contributed by atoms with Gasteiger partial charge in [-0.15, -0.1) is 0 Å². The summed E-state index contributed by atoms with van der Waals surface area (Å²) in [4.78, 5) is 44.5. The summed E-state index contributed by atoms with van der Waals surface area (Å²) < 4.78 is 5.64. The number of nitrogens with one attached hydrogen (secondary N) is 1. The molecule has 1 spiro atoms. The maximum absolute atomic E-state index is 13.7. The molecule has 2 aromatic rings. The van der Waals surface area contributed by atoms with E-state index in [4.69, 9.17) is 4.74 Å². The molecule has 8 heteroatoms. The minimum atomic E-state index is -0.757. The molecule has 2 heterocycles. The lowest BCUT2D eigenvalue weighted by Gasteiger charge is -2.43. The molecule has 192 valence electrons. The molecule has 1 N–H and O–H groups in total. The number of ether oxygens (including phenoxy) is 1. The number of carbonyl (C=O) groups excluding carboxylic acids is 3. The summed E-state index contributed by atoms with van der Waals surface area (Å²) in [7, 11) is 0. The molecule has 0 bridgehead atoms. The van der Waals surface area contributed by atoms with Gasteiger partial charge in [-0.1, -0.05) is 61.9 Å². The largest absolute Gasteiger partial charge is 0.367 e. The Labute approximate surface area is 213 Å². The van der Waals surface area contributed by atoms with Crippen molar-refractivity contribution >= 4 is 23.4 Å². The number of benzene rings is 2. The molecule has 3 amide bonds. The van der Waals surface area contributed by atoms with E-state index < -0.39 is 5.54 Å². The van der Waals surface area contributed by atoms with Crippen molar-refractivity contribution in [1.29, 1.82) is 0 Å². The maximum atomic E-state index is 13.7. The second kappa shape index (κ2) is 12.0. The van der Waals surface area contributed by atoms with E-state index in [1.54, 1.807) is 9.80 Å². The molecular formula is C28H36N4O4. The minimum Gasteiger partial charge on any atom is -0.367 e. The Bertz CT molecular complexity index is 1020. The second-order valence-electron chi connectivity index (χ2n) is 9.50. The van der Waals surface area contributed by atoms with Gasteiger partial charge < -0.3 is 24.8 Å². The van der Waals surface area contributed by atoms with Gasteiger partial charge in [-0.2, -0.15) is 0 Å². The number of rotatable bonds is 10. The fourth-order valence-corrected chi connectivity index (χ4v) is 5.00. The number of piperidine rings is 1. The normalized spacial score (nSPS) is 17.0. The predicted octanol–water partition coefficient (Wildman–Crippen LogP) is 2.79. The number of para-hydroxylation sites is 1. The zero-order chi connectivity index (χ0) is 25.4. The van der Waals surface area contributed by atoms with Gasteiger partial charge in [0.2, 0.25) is 11.8 Å². The Morgan fingerprint density at radius 2 is 1.67 bits per heavy atom. The third-order valence-corrected chi connectivity index (χ3v) is 7.05. The second-order valence-corrected chi connectivity index (χ2v) is 9.50. The number of anilines is 1. The van der Waals surface area contributed by atoms with Gasteiger partial charge in [0.25, 0.3) is 5.91 Å². The Kier molecular flexibility index (Phi) is 8.59. The first-order valence-corrected chi connectivity index (χ1v) is 12.8. The van der Waals surface area contributed by atoms with Crippen molar-refractivity contribution in [3.63, 3.8) is 0 Å². The third-order valence-electron chi connectivity index (χ3n) is 7.05. The fraction of sp³-hybridized carbons (Fsp3) is 0.464. The molecule has 2 aliphatic heterocycles. The summed E-state index contributed by atoms with van der Waals surface area (Å²) in [5, 5.41) is 2.91. The summed E-state index contributed by atoms with van der Waals surface area (Å²) in [6.07, 6.45) is 2.94. The summed E-state index contributed by atoms with van der Waals surface area (Å²) in [5.41, 5.74) is 1.22. The molecule has 2 saturated heterocycles. The molecule has 2 aliphatic rings. The topological polar surface area (TPSA) is 82.2 Å². The van der Waals surface area contributed by atoms with Crippen molar-refractivity contribution in [2.24, 2.45) is 0 Å². The summed E-state index contributed by atoms with van der Waals surface area (Å²) in [6, 6.07) is 19.6. The smallest absolute Gasteiger partial charge is 0.250 e. The SMILES string of the molecule is CCCCNC(=O)CN1CN(c2ccccc2)C2(CCN(C(=O)COCc3ccccc3)CC2)C1=O. The maximum Gasteiger partial charge on any atom is 0.250 e. The van der Waals surface area contributed by atoms with E-state index in [9.17, 15) is 14.4 Å². The summed E-state index contributed by atoms with van der Waals surface area (Å²) >= 11 is 0. The van der Waals surface area contributed by atoms with Crippen molar-refractivity contribution in [3.8, 4) is 0 Å². The molecule has 0 saturated carbocycles. The highest BCUT2D eigenvalue weighted by molar-refractivity contribution is 5.96. The van der Waals surface area contributed by atoms with Crippen molar-refractivity contribution < 1.29 is 19.1 Å². The van der Waals surface area contributed by atoms with Crippen LogP contribution in [0.3, 0.4) is 0 Å². The number of amides is 3. The molecule has 2 fully saturated rings. The first-order valence-electron chi connectivity index (χ1n) is 12.8. The van der Waals surface area contributed by atoms with E-state index in [0.717, 1.165) is 24.1 Å². The fourth-order valence-electron chi connectivity index (χ4n) is 5.00. The summed E-state index contributed by atoms with van der Waals surface area (Å²) in [6.45, 7) is 4.45. The number of nitrogens with zero attached hydrogens (tertiary/aromatic N) is 3. The highest BCUT2D eigenvalue weighted by Gasteiger charge is 2.54. The van der Waals surface area contributed by atoms with Crippen molar-refractivity contribution in [2.45, 2.75) is 44.8 Å². The molecule has 0 aliphatic carbocycles. The van der Waals surface area contributed by atoms with Crippen molar-refractivity contribution in [3.05, 3.63) is 66.2 Å². The van der Waals surface area contributed by atoms with E-state index >= 15 is 0 Å². The minimum absolute atomic E-state index is 0.0162. The lowest BCUT2D eigenvalue weighted by atomic mass is 9.85. The van der Waals surface area contributed by atoms with E-state index in [-0.39, 0.29) is 30.9 Å². The van der Waals surface area contributed by atoms with E-state index in [2.05, 4.69) is 17.1 Å². The molecule has 4 rings (SSSR count). The first-order chi connectivity index (χ1) is 17.5. The van der Waals surface area contributed by atoms with E-state index in [1.807, 2.05) is 60.7 Å². The van der Waals surface area contributed by atoms with Crippen LogP contribution in [0.2, 0.25) is 0 Å². The Hall–Kier alpha value is -3.39. The number of hydrogen-bond acceptors (Lipinski definition) is 5. The van der Waals surface area contributed by atoms with Gasteiger partial charge in [0, 0.05) is 25.3 Å². The first kappa shape index (κ1) is 25.7. The average molecular weight is 493 g/mol. The van der Waals surface area contributed by atoms with Crippen LogP contribution in [0.4, 0.5) is 5.69 Å². The molecule has 0 radical (unpaired) electrons. The van der Waals surface area contributed by atoms with Crippen LogP contribution in [-0.4, -0.2) is 72.5 Å². The van der Waals surface area contributed by atoms with Gasteiger partial charge in [0.15, 0.2) is 0 Å². The van der Waals surface area contributed by atoms with Crippen molar-refractivity contribution in [1.82, 2.24) is 15.1 Å². The van der Waals surface area contributed by atoms with Crippen LogP contribution in [0.25, 0.3) is 0 Å². The lowest BCUT2D eigenvalue weighted by Crippen LogP contribution is -2.57. The quantitative estimate of drug-likeness (QED) is 0.516. The molecule has 0 unspecified atom stereocenters. The molecule has 0 aromatic heterocycles. The van der Waals surface area contributed by atoms with Crippen molar-refractivity contribution in [2.75, 3.05) is 44.4 Å². The van der Waals surface area contributed by atoms with Crippen LogP contribution >= 0.6 is 0 Å². The predicted molar refractivity (Wildman–Crippen MR) is 138 cm³/mol. The zero-order valence-electron chi connectivity index (χ0n) is 21.0. The Morgan fingerprint density at radius 3 is 2.33 bits per heavy atom. The highest BCUT2D eigenvalue weighted by atomic mass is 16.5. The molecule has 0 atom stereocenters. The average Bonchev–Trinajstić information content (AvgIpc) is 3.16. The molecule has 36 heavy (non-hydrogen) atoms. The summed E-state index contributed by atoms with van der Waals surface area (Å²) in [5.74, 6) is -0.237. The number of carbonyl (C=O) groups is 3. The molecule has 2 aromatic carbocycles. The number of unbranched alkanes of at least 4 members (excludes halogenated alkanes) is 1. The van der Waals surface area contributed by atoms with Crippen LogP contribution in [0.15, 0.2) is 60.7 Å². The lowest BCUT2D eigenvalue weighted by molar-refractivity contribution is -0.142. The highest BCUT2D eigenvalue weighted by Crippen LogP contribution is 2.39. The van der Waals surface area contributed by atoms with Crippen LogP contribution < -0.4 is 10.2 Å². The van der Waals surface area contributed by atoms with Crippen LogP contribution in [0.5, 0.6) is 0 Å². The Balaban J connectivity index is 1.39. The van der Waals surface area contributed by atoms with Crippen LogP contribution in [-0.2, 0) is 25.7 Å². The monoisotopic (exact) mass is 492 g/mol. The number of hydrogen-bond donors (Lipinski definition) is 1. The van der Waals surface area contributed by atoms with E-state index in [0.29, 0.717) is 45.8 Å². The molecule has 8 nitrogen and oxygen atoms in total. The zero-order valence-corrected chi connectivity index (χ0v) is 21.0. The van der Waals surface area contributed by atoms with Gasteiger partial charge in [-0.3, -0.25) is 14.4 Å².